The minimum atomic E-state index is -3.99. The van der Waals surface area contributed by atoms with Gasteiger partial charge in [0.25, 0.3) is 5.91 Å². The Morgan fingerprint density at radius 1 is 0.976 bits per heavy atom. The second-order valence-corrected chi connectivity index (χ2v) is 13.5. The highest BCUT2D eigenvalue weighted by atomic mass is 32.2. The Balaban J connectivity index is 1.30. The number of esters is 1. The van der Waals surface area contributed by atoms with Crippen LogP contribution >= 0.6 is 11.8 Å². The molecule has 2 heterocycles. The van der Waals surface area contributed by atoms with Crippen molar-refractivity contribution in [2.45, 2.75) is 47.0 Å². The van der Waals surface area contributed by atoms with Crippen molar-refractivity contribution in [3.63, 3.8) is 0 Å². The summed E-state index contributed by atoms with van der Waals surface area (Å²) in [6, 6.07) is 24.5. The number of sulfonamides is 1. The van der Waals surface area contributed by atoms with Gasteiger partial charge in [-0.3, -0.25) is 9.59 Å². The highest BCUT2D eigenvalue weighted by molar-refractivity contribution is 7.99. The number of nitrogens with zero attached hydrogens (tertiary/aromatic N) is 1. The molecule has 0 saturated carbocycles. The molecule has 1 saturated heterocycles. The molecule has 0 bridgehead atoms. The third-order valence-electron chi connectivity index (χ3n) is 7.69. The standard InChI is InChI=1S/C32H30N2O6S2/c1-20-9-11-22(12-10-20)30-29(31(35)33-26-16-14-24(39-2)19-28(26)41-30)40-32(36)27-8-5-17-34(27)42(37,38)25-15-13-21-6-3-4-7-23(21)18-25/h3-4,6-7,9-16,18-19,27,29-30H,5,8,17H2,1-2H3,(H,33,35)/t27-,29-,30+/m0/s1. The van der Waals surface area contributed by atoms with Crippen molar-refractivity contribution in [3.05, 3.63) is 96.1 Å². The lowest BCUT2D eigenvalue weighted by atomic mass is 10.0. The van der Waals surface area contributed by atoms with Crippen molar-refractivity contribution in [3.8, 4) is 5.75 Å². The molecule has 0 radical (unpaired) electrons. The summed E-state index contributed by atoms with van der Waals surface area (Å²) in [5.41, 5.74) is 2.45. The van der Waals surface area contributed by atoms with E-state index in [-0.39, 0.29) is 11.4 Å². The lowest BCUT2D eigenvalue weighted by molar-refractivity contribution is -0.157. The minimum Gasteiger partial charge on any atom is -0.497 e. The van der Waals surface area contributed by atoms with Crippen LogP contribution in [0.3, 0.4) is 0 Å². The van der Waals surface area contributed by atoms with Crippen LogP contribution in [0.1, 0.15) is 29.2 Å². The number of fused-ring (bicyclic) bond motifs is 2. The number of amides is 1. The highest BCUT2D eigenvalue weighted by Crippen LogP contribution is 2.46. The zero-order valence-electron chi connectivity index (χ0n) is 23.1. The summed E-state index contributed by atoms with van der Waals surface area (Å²) < 4.78 is 40.1. The van der Waals surface area contributed by atoms with E-state index in [1.54, 1.807) is 37.4 Å². The molecule has 10 heteroatoms. The van der Waals surface area contributed by atoms with Crippen LogP contribution in [-0.2, 0) is 24.3 Å². The van der Waals surface area contributed by atoms with Gasteiger partial charge < -0.3 is 14.8 Å². The van der Waals surface area contributed by atoms with Gasteiger partial charge in [0, 0.05) is 11.4 Å². The van der Waals surface area contributed by atoms with E-state index in [0.717, 1.165) is 26.8 Å². The molecule has 2 aliphatic heterocycles. The van der Waals surface area contributed by atoms with Gasteiger partial charge in [-0.2, -0.15) is 4.31 Å². The van der Waals surface area contributed by atoms with Gasteiger partial charge in [0.1, 0.15) is 11.8 Å². The first-order valence-electron chi connectivity index (χ1n) is 13.7. The topological polar surface area (TPSA) is 102 Å². The van der Waals surface area contributed by atoms with Crippen LogP contribution in [0.5, 0.6) is 5.75 Å². The van der Waals surface area contributed by atoms with Crippen molar-refractivity contribution in [1.82, 2.24) is 4.31 Å². The van der Waals surface area contributed by atoms with Crippen LogP contribution in [0.25, 0.3) is 10.8 Å². The summed E-state index contributed by atoms with van der Waals surface area (Å²) in [5, 5.41) is 4.03. The Labute approximate surface area is 249 Å². The second-order valence-electron chi connectivity index (χ2n) is 10.4. The molecule has 1 amide bonds. The summed E-state index contributed by atoms with van der Waals surface area (Å²) in [4.78, 5) is 28.2. The first-order valence-corrected chi connectivity index (χ1v) is 16.0. The van der Waals surface area contributed by atoms with Gasteiger partial charge in [-0.1, -0.05) is 60.2 Å². The normalized spacial score (nSPS) is 20.9. The third kappa shape index (κ3) is 5.37. The molecule has 0 aliphatic carbocycles. The number of thioether (sulfide) groups is 1. The van der Waals surface area contributed by atoms with E-state index in [9.17, 15) is 18.0 Å². The molecule has 4 aromatic carbocycles. The number of anilines is 1. The molecule has 1 fully saturated rings. The first-order chi connectivity index (χ1) is 20.2. The predicted octanol–water partition coefficient (Wildman–Crippen LogP) is 5.71. The smallest absolute Gasteiger partial charge is 0.325 e. The van der Waals surface area contributed by atoms with Gasteiger partial charge in [-0.05, 0) is 66.4 Å². The largest absolute Gasteiger partial charge is 0.497 e. The Kier molecular flexibility index (Phi) is 7.69. The molecular weight excluding hydrogens is 572 g/mol. The van der Waals surface area contributed by atoms with Crippen molar-refractivity contribution in [2.24, 2.45) is 0 Å². The zero-order valence-corrected chi connectivity index (χ0v) is 24.8. The Bertz CT molecular complexity index is 1770. The van der Waals surface area contributed by atoms with Crippen molar-refractivity contribution in [2.75, 3.05) is 19.0 Å². The van der Waals surface area contributed by atoms with Crippen LogP contribution in [0.15, 0.2) is 94.7 Å². The zero-order chi connectivity index (χ0) is 29.4. The van der Waals surface area contributed by atoms with Gasteiger partial charge in [-0.25, -0.2) is 8.42 Å². The maximum atomic E-state index is 13.8. The van der Waals surface area contributed by atoms with E-state index in [1.165, 1.54) is 16.1 Å². The van der Waals surface area contributed by atoms with Gasteiger partial charge >= 0.3 is 5.97 Å². The molecule has 4 aromatic rings. The van der Waals surface area contributed by atoms with E-state index < -0.39 is 39.3 Å². The first kappa shape index (κ1) is 28.3. The summed E-state index contributed by atoms with van der Waals surface area (Å²) in [7, 11) is -2.42. The van der Waals surface area contributed by atoms with E-state index in [4.69, 9.17) is 9.47 Å². The highest BCUT2D eigenvalue weighted by Gasteiger charge is 2.44. The summed E-state index contributed by atoms with van der Waals surface area (Å²) >= 11 is 1.39. The second kappa shape index (κ2) is 11.4. The maximum Gasteiger partial charge on any atom is 0.325 e. The van der Waals surface area contributed by atoms with E-state index in [0.29, 0.717) is 24.3 Å². The monoisotopic (exact) mass is 602 g/mol. The quantitative estimate of drug-likeness (QED) is 0.282. The number of carbonyl (C=O) groups is 2. The van der Waals surface area contributed by atoms with Gasteiger partial charge in [0.05, 0.1) is 22.9 Å². The van der Waals surface area contributed by atoms with Gasteiger partial charge in [-0.15, -0.1) is 11.8 Å². The molecule has 6 rings (SSSR count). The fraction of sp³-hybridized carbons (Fsp3) is 0.250. The fourth-order valence-corrected chi connectivity index (χ4v) is 8.40. The number of methoxy groups -OCH3 is 1. The van der Waals surface area contributed by atoms with Crippen LogP contribution in [0.4, 0.5) is 5.69 Å². The minimum absolute atomic E-state index is 0.116. The molecule has 3 atom stereocenters. The summed E-state index contributed by atoms with van der Waals surface area (Å²) in [6.45, 7) is 2.16. The van der Waals surface area contributed by atoms with Crippen molar-refractivity contribution >= 4 is 50.1 Å². The molecule has 0 spiro atoms. The Morgan fingerprint density at radius 2 is 1.74 bits per heavy atom. The molecule has 1 N–H and O–H groups in total. The Morgan fingerprint density at radius 3 is 2.50 bits per heavy atom. The molecule has 42 heavy (non-hydrogen) atoms. The molecule has 0 aromatic heterocycles. The molecule has 216 valence electrons. The number of aryl methyl sites for hydroxylation is 1. The maximum absolute atomic E-state index is 13.8. The van der Waals surface area contributed by atoms with E-state index in [2.05, 4.69) is 5.32 Å². The van der Waals surface area contributed by atoms with Crippen LogP contribution in [-0.4, -0.2) is 50.4 Å². The van der Waals surface area contributed by atoms with Gasteiger partial charge in [0.15, 0.2) is 6.10 Å². The van der Waals surface area contributed by atoms with Crippen molar-refractivity contribution < 1.29 is 27.5 Å². The lowest BCUT2D eigenvalue weighted by Gasteiger charge is -2.27. The average molecular weight is 603 g/mol. The SMILES string of the molecule is COc1ccc2c(c1)S[C@H](c1ccc(C)cc1)[C@H](OC(=O)[C@@H]1CCCN1S(=O)(=O)c1ccc3ccccc3c1)C(=O)N2. The van der Waals surface area contributed by atoms with Crippen LogP contribution in [0, 0.1) is 6.92 Å². The molecule has 2 aliphatic rings. The number of carbonyl (C=O) groups excluding carboxylic acids is 2. The van der Waals surface area contributed by atoms with E-state index >= 15 is 0 Å². The molecule has 8 nitrogen and oxygen atoms in total. The predicted molar refractivity (Wildman–Crippen MR) is 162 cm³/mol. The fourth-order valence-electron chi connectivity index (χ4n) is 5.41. The van der Waals surface area contributed by atoms with Gasteiger partial charge in [0.2, 0.25) is 10.0 Å². The lowest BCUT2D eigenvalue weighted by Crippen LogP contribution is -2.45. The third-order valence-corrected chi connectivity index (χ3v) is 11.0. The number of ether oxygens (including phenoxy) is 2. The summed E-state index contributed by atoms with van der Waals surface area (Å²) in [5.74, 6) is -0.584. The number of hydrogen-bond acceptors (Lipinski definition) is 7. The Hall–Kier alpha value is -3.86. The number of hydrogen-bond donors (Lipinski definition) is 1. The summed E-state index contributed by atoms with van der Waals surface area (Å²) in [6.07, 6.45) is -0.390. The molecular formula is C32H30N2O6S2. The number of benzene rings is 4. The number of nitrogens with one attached hydrogen (secondary N) is 1. The molecule has 0 unspecified atom stereocenters. The number of rotatable bonds is 6. The van der Waals surface area contributed by atoms with Crippen LogP contribution < -0.4 is 10.1 Å². The van der Waals surface area contributed by atoms with E-state index in [1.807, 2.05) is 61.5 Å². The van der Waals surface area contributed by atoms with Crippen LogP contribution in [0.2, 0.25) is 0 Å². The van der Waals surface area contributed by atoms with Crippen molar-refractivity contribution in [1.29, 1.82) is 0 Å². The average Bonchev–Trinajstić information content (AvgIpc) is 3.46.